The number of amides is 1. The number of carbonyl (C=O) groups excluding carboxylic acids is 1. The molecular weight excluding hydrogens is 407 g/mol. The number of aliphatic hydroxyl groups is 1. The van der Waals surface area contributed by atoms with Crippen molar-refractivity contribution in [2.75, 3.05) is 7.05 Å². The zero-order chi connectivity index (χ0) is 22.5. The zero-order valence-corrected chi connectivity index (χ0v) is 18.0. The zero-order valence-electron chi connectivity index (χ0n) is 18.0. The van der Waals surface area contributed by atoms with Crippen LogP contribution in [0.2, 0.25) is 0 Å². The molecule has 1 aromatic carbocycles. The highest BCUT2D eigenvalue weighted by Crippen LogP contribution is 2.27. The van der Waals surface area contributed by atoms with E-state index in [0.29, 0.717) is 17.7 Å². The smallest absolute Gasteiger partial charge is 0.253 e. The summed E-state index contributed by atoms with van der Waals surface area (Å²) in [5.74, 6) is -0.483. The SMILES string of the molecule is CN(Cc1cccnc1)C(=O)c1ccc(C[C@@H]2CC[C@H]([C@H](O)c3cncc(F)c3)N2)cc1. The number of hydrogen-bond donors (Lipinski definition) is 2. The Balaban J connectivity index is 1.31. The highest BCUT2D eigenvalue weighted by Gasteiger charge is 2.30. The van der Waals surface area contributed by atoms with Gasteiger partial charge in [0.05, 0.1) is 12.3 Å². The van der Waals surface area contributed by atoms with Gasteiger partial charge >= 0.3 is 0 Å². The highest BCUT2D eigenvalue weighted by molar-refractivity contribution is 5.94. The summed E-state index contributed by atoms with van der Waals surface area (Å²) >= 11 is 0. The van der Waals surface area contributed by atoms with Gasteiger partial charge in [0.1, 0.15) is 5.82 Å². The minimum absolute atomic E-state index is 0.0358. The number of aromatic nitrogens is 2. The van der Waals surface area contributed by atoms with E-state index in [-0.39, 0.29) is 18.0 Å². The maximum atomic E-state index is 13.4. The molecule has 1 saturated heterocycles. The summed E-state index contributed by atoms with van der Waals surface area (Å²) < 4.78 is 13.4. The van der Waals surface area contributed by atoms with Gasteiger partial charge in [-0.3, -0.25) is 14.8 Å². The van der Waals surface area contributed by atoms with E-state index in [1.165, 1.54) is 12.3 Å². The summed E-state index contributed by atoms with van der Waals surface area (Å²) in [6, 6.07) is 12.9. The maximum absolute atomic E-state index is 13.4. The summed E-state index contributed by atoms with van der Waals surface area (Å²) in [6.45, 7) is 0.505. The summed E-state index contributed by atoms with van der Waals surface area (Å²) in [7, 11) is 1.78. The number of nitrogens with zero attached hydrogens (tertiary/aromatic N) is 3. The Labute approximate surface area is 187 Å². The van der Waals surface area contributed by atoms with Crippen molar-refractivity contribution >= 4 is 5.91 Å². The normalized spacial score (nSPS) is 19.0. The molecule has 0 bridgehead atoms. The summed E-state index contributed by atoms with van der Waals surface area (Å²) in [6.07, 6.45) is 7.83. The van der Waals surface area contributed by atoms with E-state index < -0.39 is 11.9 Å². The van der Waals surface area contributed by atoms with Crippen molar-refractivity contribution < 1.29 is 14.3 Å². The van der Waals surface area contributed by atoms with Gasteiger partial charge in [0.25, 0.3) is 5.91 Å². The Kier molecular flexibility index (Phi) is 6.87. The number of carbonyl (C=O) groups is 1. The Hall–Kier alpha value is -3.16. The van der Waals surface area contributed by atoms with Gasteiger partial charge in [0.15, 0.2) is 0 Å². The molecule has 0 saturated carbocycles. The fraction of sp³-hybridized carbons (Fsp3) is 0.320. The van der Waals surface area contributed by atoms with Crippen LogP contribution < -0.4 is 5.32 Å². The molecule has 7 heteroatoms. The van der Waals surface area contributed by atoms with E-state index in [9.17, 15) is 14.3 Å². The monoisotopic (exact) mass is 434 g/mol. The molecule has 32 heavy (non-hydrogen) atoms. The van der Waals surface area contributed by atoms with Gasteiger partial charge in [0, 0.05) is 55.4 Å². The third kappa shape index (κ3) is 5.36. The molecule has 3 heterocycles. The fourth-order valence-corrected chi connectivity index (χ4v) is 4.21. The number of aliphatic hydroxyl groups excluding tert-OH is 1. The van der Waals surface area contributed by atoms with Crippen LogP contribution in [0.15, 0.2) is 67.3 Å². The lowest BCUT2D eigenvalue weighted by Gasteiger charge is -2.20. The molecular formula is C25H27FN4O2. The minimum atomic E-state index is -0.793. The molecule has 2 N–H and O–H groups in total. The number of rotatable bonds is 7. The quantitative estimate of drug-likeness (QED) is 0.597. The maximum Gasteiger partial charge on any atom is 0.253 e. The van der Waals surface area contributed by atoms with Crippen molar-refractivity contribution in [2.24, 2.45) is 0 Å². The van der Waals surface area contributed by atoms with Gasteiger partial charge in [-0.15, -0.1) is 0 Å². The molecule has 3 aromatic rings. The van der Waals surface area contributed by atoms with E-state index in [1.54, 1.807) is 24.3 Å². The highest BCUT2D eigenvalue weighted by atomic mass is 19.1. The first-order valence-electron chi connectivity index (χ1n) is 10.8. The molecule has 0 unspecified atom stereocenters. The lowest BCUT2D eigenvalue weighted by atomic mass is 10.0. The predicted molar refractivity (Wildman–Crippen MR) is 119 cm³/mol. The van der Waals surface area contributed by atoms with Crippen molar-refractivity contribution in [1.29, 1.82) is 0 Å². The Morgan fingerprint density at radius 2 is 1.97 bits per heavy atom. The standard InChI is InChI=1S/C25H27FN4O2/c1-30(16-18-3-2-10-27-13-18)25(32)19-6-4-17(5-7-19)11-22-8-9-23(29-22)24(31)20-12-21(26)15-28-14-20/h2-7,10,12-15,22-24,29,31H,8-9,11,16H2,1H3/t22-,23+,24+/m0/s1. The lowest BCUT2D eigenvalue weighted by molar-refractivity contribution is 0.0785. The third-order valence-corrected chi connectivity index (χ3v) is 5.90. The molecule has 0 spiro atoms. The van der Waals surface area contributed by atoms with Crippen molar-refractivity contribution in [1.82, 2.24) is 20.2 Å². The van der Waals surface area contributed by atoms with Crippen LogP contribution in [0.3, 0.4) is 0 Å². The van der Waals surface area contributed by atoms with Crippen molar-refractivity contribution in [2.45, 2.75) is 44.0 Å². The molecule has 1 amide bonds. The molecule has 4 rings (SSSR count). The van der Waals surface area contributed by atoms with E-state index in [4.69, 9.17) is 0 Å². The molecule has 1 aliphatic heterocycles. The molecule has 2 aromatic heterocycles. The molecule has 0 aliphatic carbocycles. The molecule has 166 valence electrons. The van der Waals surface area contributed by atoms with Gasteiger partial charge in [-0.05, 0) is 54.7 Å². The van der Waals surface area contributed by atoms with E-state index >= 15 is 0 Å². The number of halogens is 1. The van der Waals surface area contributed by atoms with Crippen LogP contribution in [0.4, 0.5) is 4.39 Å². The van der Waals surface area contributed by atoms with E-state index in [1.807, 2.05) is 36.4 Å². The van der Waals surface area contributed by atoms with Crippen LogP contribution in [-0.4, -0.2) is 45.0 Å². The van der Waals surface area contributed by atoms with Crippen LogP contribution in [0.25, 0.3) is 0 Å². The van der Waals surface area contributed by atoms with Crippen molar-refractivity contribution in [3.63, 3.8) is 0 Å². The van der Waals surface area contributed by atoms with Crippen LogP contribution in [-0.2, 0) is 13.0 Å². The largest absolute Gasteiger partial charge is 0.387 e. The number of hydrogen-bond acceptors (Lipinski definition) is 5. The van der Waals surface area contributed by atoms with Crippen LogP contribution in [0, 0.1) is 5.82 Å². The van der Waals surface area contributed by atoms with Crippen molar-refractivity contribution in [3.8, 4) is 0 Å². The van der Waals surface area contributed by atoms with E-state index in [0.717, 1.165) is 36.6 Å². The topological polar surface area (TPSA) is 78.4 Å². The first-order chi connectivity index (χ1) is 15.5. The first kappa shape index (κ1) is 22.0. The van der Waals surface area contributed by atoms with Crippen LogP contribution >= 0.6 is 0 Å². The van der Waals surface area contributed by atoms with Crippen LogP contribution in [0.1, 0.15) is 46.0 Å². The average Bonchev–Trinajstić information content (AvgIpc) is 3.27. The Morgan fingerprint density at radius 1 is 1.16 bits per heavy atom. The second-order valence-electron chi connectivity index (χ2n) is 8.35. The summed E-state index contributed by atoms with van der Waals surface area (Å²) in [4.78, 5) is 22.3. The molecule has 6 nitrogen and oxygen atoms in total. The van der Waals surface area contributed by atoms with Crippen LogP contribution in [0.5, 0.6) is 0 Å². The van der Waals surface area contributed by atoms with Gasteiger partial charge in [-0.25, -0.2) is 4.39 Å². The second-order valence-corrected chi connectivity index (χ2v) is 8.35. The minimum Gasteiger partial charge on any atom is -0.387 e. The second kappa shape index (κ2) is 9.97. The van der Waals surface area contributed by atoms with Gasteiger partial charge in [0.2, 0.25) is 0 Å². The van der Waals surface area contributed by atoms with Gasteiger partial charge < -0.3 is 15.3 Å². The average molecular weight is 435 g/mol. The molecule has 3 atom stereocenters. The molecule has 1 aliphatic rings. The Bertz CT molecular complexity index is 1050. The molecule has 1 fully saturated rings. The molecule has 0 radical (unpaired) electrons. The predicted octanol–water partition coefficient (Wildman–Crippen LogP) is 3.28. The van der Waals surface area contributed by atoms with Gasteiger partial charge in [-0.2, -0.15) is 0 Å². The van der Waals surface area contributed by atoms with Gasteiger partial charge in [-0.1, -0.05) is 18.2 Å². The number of pyridine rings is 2. The summed E-state index contributed by atoms with van der Waals surface area (Å²) in [5, 5.41) is 14.0. The number of nitrogens with one attached hydrogen (secondary N) is 1. The third-order valence-electron chi connectivity index (χ3n) is 5.90. The lowest BCUT2D eigenvalue weighted by Crippen LogP contribution is -2.35. The van der Waals surface area contributed by atoms with Crippen molar-refractivity contribution in [3.05, 3.63) is 95.3 Å². The van der Waals surface area contributed by atoms with E-state index in [2.05, 4.69) is 15.3 Å². The number of benzene rings is 1. The summed E-state index contributed by atoms with van der Waals surface area (Å²) in [5.41, 5.74) is 3.24. The fourth-order valence-electron chi connectivity index (χ4n) is 4.21. The Morgan fingerprint density at radius 3 is 2.69 bits per heavy atom. The first-order valence-corrected chi connectivity index (χ1v) is 10.8.